The standard InChI is InChI=1S/C21H11F5/c1-12-3-2-4-17(22)15(12)7-5-13-6-8-16(18(23)9-13)14-10-19(24)21(26)20(25)11-14/h2-4,6,8-11H,1H3. The molecule has 0 aliphatic rings. The lowest BCUT2D eigenvalue weighted by molar-refractivity contribution is 0.447. The van der Waals surface area contributed by atoms with E-state index < -0.39 is 29.1 Å². The van der Waals surface area contributed by atoms with Crippen molar-refractivity contribution in [3.63, 3.8) is 0 Å². The molecule has 0 radical (unpaired) electrons. The van der Waals surface area contributed by atoms with Crippen molar-refractivity contribution in [2.75, 3.05) is 0 Å². The van der Waals surface area contributed by atoms with Crippen molar-refractivity contribution < 1.29 is 22.0 Å². The molecule has 26 heavy (non-hydrogen) atoms. The van der Waals surface area contributed by atoms with Gasteiger partial charge in [-0.3, -0.25) is 0 Å². The Bertz CT molecular complexity index is 1010. The summed E-state index contributed by atoms with van der Waals surface area (Å²) in [4.78, 5) is 0. The minimum atomic E-state index is -1.61. The normalized spacial score (nSPS) is 10.4. The molecule has 0 saturated heterocycles. The number of halogens is 5. The van der Waals surface area contributed by atoms with E-state index in [9.17, 15) is 22.0 Å². The Balaban J connectivity index is 1.98. The SMILES string of the molecule is Cc1cccc(F)c1C#Cc1ccc(-c2cc(F)c(F)c(F)c2)c(F)c1. The summed E-state index contributed by atoms with van der Waals surface area (Å²) in [6, 6.07) is 9.74. The molecule has 5 heteroatoms. The maximum Gasteiger partial charge on any atom is 0.194 e. The van der Waals surface area contributed by atoms with Crippen molar-refractivity contribution in [1.82, 2.24) is 0 Å². The second-order valence-electron chi connectivity index (χ2n) is 5.63. The molecule has 0 aromatic heterocycles. The van der Waals surface area contributed by atoms with Crippen LogP contribution < -0.4 is 0 Å². The first-order valence-corrected chi connectivity index (χ1v) is 7.58. The van der Waals surface area contributed by atoms with E-state index in [2.05, 4.69) is 11.8 Å². The first-order valence-electron chi connectivity index (χ1n) is 7.58. The molecule has 0 bridgehead atoms. The lowest BCUT2D eigenvalue weighted by Gasteiger charge is -2.06. The lowest BCUT2D eigenvalue weighted by atomic mass is 10.0. The fraction of sp³-hybridized carbons (Fsp3) is 0.0476. The molecule has 0 fully saturated rings. The van der Waals surface area contributed by atoms with Crippen LogP contribution in [0.3, 0.4) is 0 Å². The summed E-state index contributed by atoms with van der Waals surface area (Å²) >= 11 is 0. The first-order chi connectivity index (χ1) is 12.4. The van der Waals surface area contributed by atoms with E-state index in [1.54, 1.807) is 19.1 Å². The Morgan fingerprint density at radius 2 is 1.38 bits per heavy atom. The fourth-order valence-corrected chi connectivity index (χ4v) is 2.46. The van der Waals surface area contributed by atoms with Gasteiger partial charge in [0.05, 0.1) is 5.56 Å². The molecule has 3 rings (SSSR count). The van der Waals surface area contributed by atoms with Crippen molar-refractivity contribution in [1.29, 1.82) is 0 Å². The van der Waals surface area contributed by atoms with Crippen molar-refractivity contribution >= 4 is 0 Å². The summed E-state index contributed by atoms with van der Waals surface area (Å²) in [6.45, 7) is 1.70. The summed E-state index contributed by atoms with van der Waals surface area (Å²) < 4.78 is 67.7. The summed E-state index contributed by atoms with van der Waals surface area (Å²) in [5.74, 6) is -0.383. The van der Waals surface area contributed by atoms with Crippen LogP contribution in [0.25, 0.3) is 11.1 Å². The highest BCUT2D eigenvalue weighted by molar-refractivity contribution is 5.65. The summed E-state index contributed by atoms with van der Waals surface area (Å²) in [5, 5.41) is 0. The zero-order valence-electron chi connectivity index (χ0n) is 13.5. The van der Waals surface area contributed by atoms with Gasteiger partial charge >= 0.3 is 0 Å². The second-order valence-corrected chi connectivity index (χ2v) is 5.63. The molecule has 0 spiro atoms. The van der Waals surface area contributed by atoms with Gasteiger partial charge < -0.3 is 0 Å². The Hall–Kier alpha value is -3.13. The minimum Gasteiger partial charge on any atom is -0.206 e. The molecule has 3 aromatic carbocycles. The van der Waals surface area contributed by atoms with Gasteiger partial charge in [0.25, 0.3) is 0 Å². The third-order valence-corrected chi connectivity index (χ3v) is 3.82. The smallest absolute Gasteiger partial charge is 0.194 e. The predicted molar refractivity (Wildman–Crippen MR) is 88.8 cm³/mol. The quantitative estimate of drug-likeness (QED) is 0.295. The summed E-state index contributed by atoms with van der Waals surface area (Å²) in [5.41, 5.74) is 0.877. The van der Waals surface area contributed by atoms with Crippen molar-refractivity contribution in [3.05, 3.63) is 94.3 Å². The van der Waals surface area contributed by atoms with Crippen LogP contribution in [0.1, 0.15) is 16.7 Å². The molecular weight excluding hydrogens is 347 g/mol. The highest BCUT2D eigenvalue weighted by atomic mass is 19.2. The third-order valence-electron chi connectivity index (χ3n) is 3.82. The summed E-state index contributed by atoms with van der Waals surface area (Å²) in [7, 11) is 0. The number of rotatable bonds is 1. The van der Waals surface area contributed by atoms with Gasteiger partial charge in [0.1, 0.15) is 11.6 Å². The van der Waals surface area contributed by atoms with Crippen LogP contribution in [0, 0.1) is 47.9 Å². The minimum absolute atomic E-state index is 0.101. The maximum absolute atomic E-state index is 14.3. The topological polar surface area (TPSA) is 0 Å². The highest BCUT2D eigenvalue weighted by Crippen LogP contribution is 2.26. The molecule has 0 atom stereocenters. The molecular formula is C21H11F5. The van der Waals surface area contributed by atoms with E-state index >= 15 is 0 Å². The molecule has 0 N–H and O–H groups in total. The monoisotopic (exact) mass is 358 g/mol. The summed E-state index contributed by atoms with van der Waals surface area (Å²) in [6.07, 6.45) is 0. The number of aryl methyl sites for hydroxylation is 1. The Morgan fingerprint density at radius 3 is 2.00 bits per heavy atom. The second kappa shape index (κ2) is 7.01. The average molecular weight is 358 g/mol. The Kier molecular flexibility index (Phi) is 4.77. The van der Waals surface area contributed by atoms with Crippen molar-refractivity contribution in [3.8, 4) is 23.0 Å². The van der Waals surface area contributed by atoms with Crippen molar-refractivity contribution in [2.45, 2.75) is 6.92 Å². The van der Waals surface area contributed by atoms with E-state index in [-0.39, 0.29) is 22.3 Å². The van der Waals surface area contributed by atoms with Crippen molar-refractivity contribution in [2.24, 2.45) is 0 Å². The van der Waals surface area contributed by atoms with Gasteiger partial charge in [0.2, 0.25) is 0 Å². The van der Waals surface area contributed by atoms with Gasteiger partial charge in [0, 0.05) is 11.1 Å². The van der Waals surface area contributed by atoms with E-state index in [0.29, 0.717) is 17.7 Å². The van der Waals surface area contributed by atoms with Gasteiger partial charge in [-0.1, -0.05) is 30.0 Å². The molecule has 0 aliphatic heterocycles. The molecule has 130 valence electrons. The fourth-order valence-electron chi connectivity index (χ4n) is 2.46. The lowest BCUT2D eigenvalue weighted by Crippen LogP contribution is -1.94. The number of benzene rings is 3. The molecule has 3 aromatic rings. The van der Waals surface area contributed by atoms with Crippen LogP contribution >= 0.6 is 0 Å². The molecule has 0 unspecified atom stereocenters. The average Bonchev–Trinajstić information content (AvgIpc) is 2.59. The van der Waals surface area contributed by atoms with Crippen LogP contribution in [0.4, 0.5) is 22.0 Å². The Labute approximate surface area is 146 Å². The molecule has 0 saturated carbocycles. The Morgan fingerprint density at radius 1 is 0.692 bits per heavy atom. The zero-order chi connectivity index (χ0) is 18.8. The molecule has 0 amide bonds. The van der Waals surface area contributed by atoms with E-state index in [0.717, 1.165) is 6.07 Å². The molecule has 0 heterocycles. The van der Waals surface area contributed by atoms with E-state index in [1.807, 2.05) is 0 Å². The predicted octanol–water partition coefficient (Wildman–Crippen LogP) is 5.76. The molecule has 0 aliphatic carbocycles. The van der Waals surface area contributed by atoms with Crippen LogP contribution in [0.2, 0.25) is 0 Å². The van der Waals surface area contributed by atoms with Crippen LogP contribution in [-0.2, 0) is 0 Å². The van der Waals surface area contributed by atoms with Crippen LogP contribution in [0.5, 0.6) is 0 Å². The van der Waals surface area contributed by atoms with E-state index in [4.69, 9.17) is 0 Å². The number of hydrogen-bond acceptors (Lipinski definition) is 0. The third kappa shape index (κ3) is 3.45. The van der Waals surface area contributed by atoms with Crippen LogP contribution in [-0.4, -0.2) is 0 Å². The van der Waals surface area contributed by atoms with Gasteiger partial charge in [0.15, 0.2) is 17.5 Å². The maximum atomic E-state index is 14.3. The van der Waals surface area contributed by atoms with Gasteiger partial charge in [-0.2, -0.15) is 0 Å². The first kappa shape index (κ1) is 17.7. The van der Waals surface area contributed by atoms with Gasteiger partial charge in [-0.25, -0.2) is 22.0 Å². The largest absolute Gasteiger partial charge is 0.206 e. The zero-order valence-corrected chi connectivity index (χ0v) is 13.5. The van der Waals surface area contributed by atoms with Gasteiger partial charge in [-0.15, -0.1) is 0 Å². The van der Waals surface area contributed by atoms with E-state index in [1.165, 1.54) is 18.2 Å². The van der Waals surface area contributed by atoms with Crippen LogP contribution in [0.15, 0.2) is 48.5 Å². The number of hydrogen-bond donors (Lipinski definition) is 0. The van der Waals surface area contributed by atoms with Gasteiger partial charge in [-0.05, 0) is 48.4 Å². The highest BCUT2D eigenvalue weighted by Gasteiger charge is 2.14. The molecule has 0 nitrogen and oxygen atoms in total.